The summed E-state index contributed by atoms with van der Waals surface area (Å²) < 4.78 is 50.6. The van der Waals surface area contributed by atoms with Crippen LogP contribution in [0.15, 0.2) is 18.2 Å². The fraction of sp³-hybridized carbons (Fsp3) is 0.500. The second-order valence-electron chi connectivity index (χ2n) is 4.75. The van der Waals surface area contributed by atoms with Crippen LogP contribution in [0, 0.1) is 6.92 Å². The first-order chi connectivity index (χ1) is 9.25. The number of hydrogen-bond donors (Lipinski definition) is 1. The first-order valence-electron chi connectivity index (χ1n) is 6.37. The van der Waals surface area contributed by atoms with Crippen molar-refractivity contribution in [2.24, 2.45) is 0 Å². The van der Waals surface area contributed by atoms with Gasteiger partial charge < -0.3 is 0 Å². The first kappa shape index (κ1) is 15.1. The number of sulfonamides is 2. The summed E-state index contributed by atoms with van der Waals surface area (Å²) in [5.41, 5.74) is 1.76. The van der Waals surface area contributed by atoms with Crippen molar-refractivity contribution < 1.29 is 16.8 Å². The van der Waals surface area contributed by atoms with Gasteiger partial charge in [-0.05, 0) is 44.0 Å². The zero-order valence-corrected chi connectivity index (χ0v) is 13.1. The quantitative estimate of drug-likeness (QED) is 0.907. The van der Waals surface area contributed by atoms with Crippen LogP contribution in [0.25, 0.3) is 0 Å². The molecule has 0 saturated carbocycles. The van der Waals surface area contributed by atoms with Crippen LogP contribution in [-0.2, 0) is 20.0 Å². The minimum atomic E-state index is -3.33. The van der Waals surface area contributed by atoms with Gasteiger partial charge in [0, 0.05) is 6.54 Å². The highest BCUT2D eigenvalue weighted by Crippen LogP contribution is 2.28. The van der Waals surface area contributed by atoms with Crippen molar-refractivity contribution in [3.63, 3.8) is 0 Å². The molecular formula is C12H18N2O4S2. The molecule has 1 aliphatic heterocycles. The van der Waals surface area contributed by atoms with E-state index in [4.69, 9.17) is 0 Å². The van der Waals surface area contributed by atoms with Crippen LogP contribution < -0.4 is 9.03 Å². The van der Waals surface area contributed by atoms with Gasteiger partial charge in [0.2, 0.25) is 20.0 Å². The molecule has 1 aromatic carbocycles. The van der Waals surface area contributed by atoms with Crippen LogP contribution in [0.5, 0.6) is 0 Å². The molecule has 6 nitrogen and oxygen atoms in total. The second-order valence-corrected chi connectivity index (χ2v) is 8.77. The van der Waals surface area contributed by atoms with Gasteiger partial charge in [-0.1, -0.05) is 0 Å². The molecule has 0 unspecified atom stereocenters. The zero-order valence-electron chi connectivity index (χ0n) is 11.5. The third-order valence-electron chi connectivity index (χ3n) is 3.24. The highest BCUT2D eigenvalue weighted by Gasteiger charge is 2.28. The van der Waals surface area contributed by atoms with E-state index in [9.17, 15) is 16.8 Å². The Balaban J connectivity index is 2.31. The molecule has 0 aliphatic carbocycles. The number of nitrogens with zero attached hydrogens (tertiary/aromatic N) is 1. The largest absolute Gasteiger partial charge is 0.283 e. The van der Waals surface area contributed by atoms with Crippen molar-refractivity contribution >= 4 is 31.4 Å². The smallest absolute Gasteiger partial charge is 0.235 e. The molecule has 0 atom stereocenters. The Kier molecular flexibility index (Phi) is 3.97. The first-order valence-corrected chi connectivity index (χ1v) is 9.63. The standard InChI is InChI=1S/C12H18N2O4S2/c1-3-19(15,16)13-12-6-5-11(9-10(12)2)14-7-4-8-20(14,17)18/h5-6,9,13H,3-4,7-8H2,1-2H3. The van der Waals surface area contributed by atoms with E-state index in [-0.39, 0.29) is 11.5 Å². The number of aryl methyl sites for hydroxylation is 1. The highest BCUT2D eigenvalue weighted by atomic mass is 32.2. The Labute approximate surface area is 119 Å². The molecule has 112 valence electrons. The van der Waals surface area contributed by atoms with E-state index < -0.39 is 20.0 Å². The Morgan fingerprint density at radius 2 is 2.05 bits per heavy atom. The molecule has 1 heterocycles. The predicted octanol–water partition coefficient (Wildman–Crippen LogP) is 1.30. The minimum Gasteiger partial charge on any atom is -0.283 e. The summed E-state index contributed by atoms with van der Waals surface area (Å²) in [6, 6.07) is 4.92. The lowest BCUT2D eigenvalue weighted by Crippen LogP contribution is -2.25. The van der Waals surface area contributed by atoms with E-state index in [1.165, 1.54) is 4.31 Å². The summed E-state index contributed by atoms with van der Waals surface area (Å²) in [6.07, 6.45) is 0.617. The van der Waals surface area contributed by atoms with E-state index in [0.29, 0.717) is 29.9 Å². The number of benzene rings is 1. The van der Waals surface area contributed by atoms with Crippen molar-refractivity contribution in [3.05, 3.63) is 23.8 Å². The highest BCUT2D eigenvalue weighted by molar-refractivity contribution is 7.93. The molecule has 0 aromatic heterocycles. The van der Waals surface area contributed by atoms with Crippen LogP contribution in [0.1, 0.15) is 18.9 Å². The van der Waals surface area contributed by atoms with Crippen LogP contribution >= 0.6 is 0 Å². The van der Waals surface area contributed by atoms with Gasteiger partial charge in [0.05, 0.1) is 22.9 Å². The topological polar surface area (TPSA) is 83.6 Å². The van der Waals surface area contributed by atoms with Gasteiger partial charge in [-0.3, -0.25) is 9.03 Å². The summed E-state index contributed by atoms with van der Waals surface area (Å²) in [4.78, 5) is 0. The van der Waals surface area contributed by atoms with Gasteiger partial charge in [0.1, 0.15) is 0 Å². The lowest BCUT2D eigenvalue weighted by atomic mass is 10.2. The van der Waals surface area contributed by atoms with E-state index in [2.05, 4.69) is 4.72 Å². The molecule has 1 saturated heterocycles. The fourth-order valence-corrected chi connectivity index (χ4v) is 4.35. The van der Waals surface area contributed by atoms with E-state index in [0.717, 1.165) is 0 Å². The van der Waals surface area contributed by atoms with Gasteiger partial charge in [0.15, 0.2) is 0 Å². The molecule has 8 heteroatoms. The van der Waals surface area contributed by atoms with Crippen molar-refractivity contribution in [2.45, 2.75) is 20.3 Å². The number of hydrogen-bond acceptors (Lipinski definition) is 4. The maximum atomic E-state index is 11.8. The molecule has 0 amide bonds. The summed E-state index contributed by atoms with van der Waals surface area (Å²) in [5, 5.41) is 0. The Hall–Kier alpha value is -1.28. The van der Waals surface area contributed by atoms with Crippen LogP contribution in [-0.4, -0.2) is 34.9 Å². The molecule has 1 aliphatic rings. The molecule has 0 bridgehead atoms. The summed E-state index contributed by atoms with van der Waals surface area (Å²) in [5.74, 6) is 0.158. The molecule has 0 spiro atoms. The Morgan fingerprint density at radius 1 is 1.35 bits per heavy atom. The van der Waals surface area contributed by atoms with Crippen LogP contribution in [0.2, 0.25) is 0 Å². The lowest BCUT2D eigenvalue weighted by molar-refractivity contribution is 0.598. The zero-order chi connectivity index (χ0) is 15.0. The van der Waals surface area contributed by atoms with Gasteiger partial charge >= 0.3 is 0 Å². The van der Waals surface area contributed by atoms with Crippen molar-refractivity contribution in [2.75, 3.05) is 27.1 Å². The summed E-state index contributed by atoms with van der Waals surface area (Å²) >= 11 is 0. The maximum absolute atomic E-state index is 11.8. The van der Waals surface area contributed by atoms with Crippen molar-refractivity contribution in [3.8, 4) is 0 Å². The fourth-order valence-electron chi connectivity index (χ4n) is 2.09. The van der Waals surface area contributed by atoms with E-state index in [1.54, 1.807) is 32.0 Å². The Morgan fingerprint density at radius 3 is 2.55 bits per heavy atom. The Bertz CT molecular complexity index is 711. The third-order valence-corrected chi connectivity index (χ3v) is 6.40. The van der Waals surface area contributed by atoms with Gasteiger partial charge in [0.25, 0.3) is 0 Å². The van der Waals surface area contributed by atoms with Gasteiger partial charge in [-0.15, -0.1) is 0 Å². The molecule has 20 heavy (non-hydrogen) atoms. The van der Waals surface area contributed by atoms with Gasteiger partial charge in [-0.25, -0.2) is 16.8 Å². The molecule has 1 N–H and O–H groups in total. The third kappa shape index (κ3) is 3.06. The molecule has 1 fully saturated rings. The molecule has 0 radical (unpaired) electrons. The molecule has 2 rings (SSSR count). The van der Waals surface area contributed by atoms with Crippen molar-refractivity contribution in [1.82, 2.24) is 0 Å². The minimum absolute atomic E-state index is 0.00526. The summed E-state index contributed by atoms with van der Waals surface area (Å²) in [7, 11) is -6.55. The van der Waals surface area contributed by atoms with Crippen LogP contribution in [0.4, 0.5) is 11.4 Å². The van der Waals surface area contributed by atoms with Crippen molar-refractivity contribution in [1.29, 1.82) is 0 Å². The average Bonchev–Trinajstić information content (AvgIpc) is 2.71. The number of nitrogens with one attached hydrogen (secondary N) is 1. The normalized spacial score (nSPS) is 18.2. The monoisotopic (exact) mass is 318 g/mol. The van der Waals surface area contributed by atoms with Crippen LogP contribution in [0.3, 0.4) is 0 Å². The molecular weight excluding hydrogens is 300 g/mol. The molecule has 1 aromatic rings. The maximum Gasteiger partial charge on any atom is 0.235 e. The predicted molar refractivity (Wildman–Crippen MR) is 80.0 cm³/mol. The number of rotatable bonds is 4. The number of anilines is 2. The van der Waals surface area contributed by atoms with Gasteiger partial charge in [-0.2, -0.15) is 0 Å². The second kappa shape index (κ2) is 5.25. The van der Waals surface area contributed by atoms with E-state index >= 15 is 0 Å². The average molecular weight is 318 g/mol. The van der Waals surface area contributed by atoms with E-state index in [1.807, 2.05) is 0 Å². The summed E-state index contributed by atoms with van der Waals surface area (Å²) in [6.45, 7) is 3.78. The SMILES string of the molecule is CCS(=O)(=O)Nc1ccc(N2CCCS2(=O)=O)cc1C. The lowest BCUT2D eigenvalue weighted by Gasteiger charge is -2.18.